The van der Waals surface area contributed by atoms with Crippen LogP contribution in [-0.2, 0) is 6.54 Å². The van der Waals surface area contributed by atoms with Crippen LogP contribution in [0.2, 0.25) is 0 Å². The number of hydrogen-bond donors (Lipinski definition) is 3. The number of nitrogens with zero attached hydrogens (tertiary/aromatic N) is 3. The highest BCUT2D eigenvalue weighted by molar-refractivity contribution is 5.63. The molecule has 90 valence electrons. The molecule has 6 nitrogen and oxygen atoms in total. The normalized spacial score (nSPS) is 12.6. The molecule has 0 saturated carbocycles. The van der Waals surface area contributed by atoms with E-state index in [1.54, 1.807) is 18.3 Å². The van der Waals surface area contributed by atoms with Crippen molar-refractivity contribution in [2.24, 2.45) is 0 Å². The fourth-order valence-electron chi connectivity index (χ4n) is 1.57. The second kappa shape index (κ2) is 4.94. The lowest BCUT2D eigenvalue weighted by Gasteiger charge is -2.10. The van der Waals surface area contributed by atoms with Crippen LogP contribution in [0.1, 0.15) is 0 Å². The summed E-state index contributed by atoms with van der Waals surface area (Å²) in [6.45, 7) is -0.114. The number of aliphatic hydroxyl groups is 2. The molecule has 1 atom stereocenters. The Bertz CT molecular complexity index is 498. The number of hydrogen-bond acceptors (Lipinski definition) is 5. The molecule has 1 heterocycles. The first-order valence-corrected chi connectivity index (χ1v) is 5.24. The van der Waals surface area contributed by atoms with Crippen LogP contribution in [0.3, 0.4) is 0 Å². The largest absolute Gasteiger partial charge is 0.399 e. The summed E-state index contributed by atoms with van der Waals surface area (Å²) in [4.78, 5) is 0. The Labute approximate surface area is 98.3 Å². The van der Waals surface area contributed by atoms with Crippen LogP contribution in [0.25, 0.3) is 11.3 Å². The third-order valence-corrected chi connectivity index (χ3v) is 2.39. The molecule has 1 unspecified atom stereocenters. The van der Waals surface area contributed by atoms with Gasteiger partial charge in [0.25, 0.3) is 0 Å². The highest BCUT2D eigenvalue weighted by Crippen LogP contribution is 2.20. The van der Waals surface area contributed by atoms with Crippen LogP contribution in [0, 0.1) is 0 Å². The predicted octanol–water partition coefficient (Wildman–Crippen LogP) is -0.120. The fraction of sp³-hybridized carbons (Fsp3) is 0.273. The summed E-state index contributed by atoms with van der Waals surface area (Å²) in [7, 11) is 0. The average Bonchev–Trinajstić information content (AvgIpc) is 2.77. The second-order valence-electron chi connectivity index (χ2n) is 3.76. The smallest absolute Gasteiger partial charge is 0.0967 e. The third kappa shape index (κ3) is 2.61. The van der Waals surface area contributed by atoms with Crippen LogP contribution in [-0.4, -0.2) is 37.9 Å². The average molecular weight is 234 g/mol. The zero-order valence-corrected chi connectivity index (χ0v) is 9.19. The van der Waals surface area contributed by atoms with E-state index in [1.807, 2.05) is 12.1 Å². The van der Waals surface area contributed by atoms with E-state index < -0.39 is 6.10 Å². The van der Waals surface area contributed by atoms with Crippen LogP contribution in [0.15, 0.2) is 30.5 Å². The fourth-order valence-corrected chi connectivity index (χ4v) is 1.57. The summed E-state index contributed by atoms with van der Waals surface area (Å²) in [5.74, 6) is 0. The van der Waals surface area contributed by atoms with Gasteiger partial charge in [-0.2, -0.15) is 0 Å². The Kier molecular flexibility index (Phi) is 3.36. The molecule has 6 heteroatoms. The topological polar surface area (TPSA) is 97.2 Å². The van der Waals surface area contributed by atoms with E-state index in [-0.39, 0.29) is 13.2 Å². The van der Waals surface area contributed by atoms with Gasteiger partial charge in [-0.1, -0.05) is 17.3 Å². The lowest BCUT2D eigenvalue weighted by Crippen LogP contribution is -2.21. The highest BCUT2D eigenvalue weighted by Gasteiger charge is 2.10. The van der Waals surface area contributed by atoms with Crippen molar-refractivity contribution in [3.05, 3.63) is 30.5 Å². The number of aromatic nitrogens is 3. The number of rotatable bonds is 4. The molecule has 0 spiro atoms. The number of anilines is 1. The molecule has 0 fully saturated rings. The molecule has 2 aromatic rings. The quantitative estimate of drug-likeness (QED) is 0.641. The number of aliphatic hydroxyl groups excluding tert-OH is 2. The first-order valence-electron chi connectivity index (χ1n) is 5.24. The van der Waals surface area contributed by atoms with Crippen molar-refractivity contribution in [3.63, 3.8) is 0 Å². The minimum absolute atomic E-state index is 0.195. The van der Waals surface area contributed by atoms with Crippen LogP contribution in [0.4, 0.5) is 5.69 Å². The van der Waals surface area contributed by atoms with E-state index in [4.69, 9.17) is 10.8 Å². The van der Waals surface area contributed by atoms with Gasteiger partial charge >= 0.3 is 0 Å². The summed E-state index contributed by atoms with van der Waals surface area (Å²) in [6.07, 6.45) is 0.746. The maximum Gasteiger partial charge on any atom is 0.0967 e. The zero-order valence-electron chi connectivity index (χ0n) is 9.19. The van der Waals surface area contributed by atoms with E-state index in [0.717, 1.165) is 11.3 Å². The van der Waals surface area contributed by atoms with E-state index >= 15 is 0 Å². The number of benzene rings is 1. The van der Waals surface area contributed by atoms with E-state index in [9.17, 15) is 5.11 Å². The molecule has 0 bridgehead atoms. The molecule has 0 saturated heterocycles. The second-order valence-corrected chi connectivity index (χ2v) is 3.76. The standard InChI is InChI=1S/C11H14N4O2/c12-9-3-1-2-8(4-9)11-5-13-14-15(11)6-10(17)7-16/h1-5,10,16-17H,6-7,12H2. The Hall–Kier alpha value is -1.92. The third-order valence-electron chi connectivity index (χ3n) is 2.39. The van der Waals surface area contributed by atoms with Gasteiger partial charge in [0.05, 0.1) is 31.1 Å². The van der Waals surface area contributed by atoms with Gasteiger partial charge in [-0.15, -0.1) is 5.10 Å². The Morgan fingerprint density at radius 1 is 1.41 bits per heavy atom. The van der Waals surface area contributed by atoms with Gasteiger partial charge in [0.15, 0.2) is 0 Å². The first-order chi connectivity index (χ1) is 8.20. The lowest BCUT2D eigenvalue weighted by molar-refractivity contribution is 0.0782. The Morgan fingerprint density at radius 3 is 2.94 bits per heavy atom. The minimum atomic E-state index is -0.850. The molecule has 17 heavy (non-hydrogen) atoms. The molecule has 0 aliphatic rings. The maximum absolute atomic E-state index is 9.39. The van der Waals surface area contributed by atoms with Gasteiger partial charge in [-0.05, 0) is 12.1 Å². The number of nitrogens with two attached hydrogens (primary N) is 1. The van der Waals surface area contributed by atoms with E-state index in [0.29, 0.717) is 5.69 Å². The van der Waals surface area contributed by atoms with Gasteiger partial charge in [0.1, 0.15) is 0 Å². The van der Waals surface area contributed by atoms with E-state index in [1.165, 1.54) is 4.68 Å². The van der Waals surface area contributed by atoms with Crippen LogP contribution < -0.4 is 5.73 Å². The van der Waals surface area contributed by atoms with Gasteiger partial charge in [-0.25, -0.2) is 4.68 Å². The molecule has 4 N–H and O–H groups in total. The van der Waals surface area contributed by atoms with Crippen LogP contribution >= 0.6 is 0 Å². The van der Waals surface area contributed by atoms with Gasteiger partial charge in [-0.3, -0.25) is 0 Å². The minimum Gasteiger partial charge on any atom is -0.399 e. The van der Waals surface area contributed by atoms with Crippen molar-refractivity contribution in [2.75, 3.05) is 12.3 Å². The van der Waals surface area contributed by atoms with Crippen molar-refractivity contribution in [1.29, 1.82) is 0 Å². The molecule has 0 aliphatic carbocycles. The van der Waals surface area contributed by atoms with Crippen molar-refractivity contribution in [1.82, 2.24) is 15.0 Å². The van der Waals surface area contributed by atoms with Crippen LogP contribution in [0.5, 0.6) is 0 Å². The zero-order chi connectivity index (χ0) is 12.3. The lowest BCUT2D eigenvalue weighted by atomic mass is 10.1. The van der Waals surface area contributed by atoms with Gasteiger partial charge in [0, 0.05) is 11.3 Å². The number of nitrogen functional groups attached to an aromatic ring is 1. The molecule has 0 amide bonds. The highest BCUT2D eigenvalue weighted by atomic mass is 16.3. The summed E-state index contributed by atoms with van der Waals surface area (Å²) in [5.41, 5.74) is 7.98. The summed E-state index contributed by atoms with van der Waals surface area (Å²) in [5, 5.41) is 25.9. The first kappa shape index (κ1) is 11.6. The molecule has 1 aromatic carbocycles. The summed E-state index contributed by atoms with van der Waals surface area (Å²) < 4.78 is 1.54. The van der Waals surface area contributed by atoms with Gasteiger partial charge < -0.3 is 15.9 Å². The summed E-state index contributed by atoms with van der Waals surface area (Å²) >= 11 is 0. The molecule has 2 rings (SSSR count). The summed E-state index contributed by atoms with van der Waals surface area (Å²) in [6, 6.07) is 7.32. The predicted molar refractivity (Wildman–Crippen MR) is 63.0 cm³/mol. The molecule has 0 aliphatic heterocycles. The Balaban J connectivity index is 2.30. The maximum atomic E-state index is 9.39. The van der Waals surface area contributed by atoms with E-state index in [2.05, 4.69) is 10.3 Å². The Morgan fingerprint density at radius 2 is 2.24 bits per heavy atom. The van der Waals surface area contributed by atoms with Crippen molar-refractivity contribution in [2.45, 2.75) is 12.6 Å². The van der Waals surface area contributed by atoms with Crippen molar-refractivity contribution in [3.8, 4) is 11.3 Å². The molecular formula is C11H14N4O2. The monoisotopic (exact) mass is 234 g/mol. The van der Waals surface area contributed by atoms with Crippen molar-refractivity contribution >= 4 is 5.69 Å². The SMILES string of the molecule is Nc1cccc(-c2cnnn2CC(O)CO)c1. The molecule has 1 aromatic heterocycles. The molecular weight excluding hydrogens is 220 g/mol. The van der Waals surface area contributed by atoms with Crippen molar-refractivity contribution < 1.29 is 10.2 Å². The van der Waals surface area contributed by atoms with Gasteiger partial charge in [0.2, 0.25) is 0 Å². The molecule has 0 radical (unpaired) electrons.